The first-order valence-electron chi connectivity index (χ1n) is 8.02. The van der Waals surface area contributed by atoms with E-state index in [0.29, 0.717) is 28.7 Å². The Morgan fingerprint density at radius 2 is 1.67 bits per heavy atom. The minimum absolute atomic E-state index is 0.0530. The van der Waals surface area contributed by atoms with Gasteiger partial charge >= 0.3 is 0 Å². The van der Waals surface area contributed by atoms with Gasteiger partial charge in [-0.3, -0.25) is 4.79 Å². The first-order chi connectivity index (χ1) is 11.5. The Hall–Kier alpha value is -1.71. The molecule has 0 N–H and O–H groups in total. The number of rotatable bonds is 2. The van der Waals surface area contributed by atoms with E-state index in [1.807, 2.05) is 4.90 Å². The van der Waals surface area contributed by atoms with Crippen molar-refractivity contribution in [2.45, 2.75) is 13.8 Å². The monoisotopic (exact) mass is 362 g/mol. The topological polar surface area (TPSA) is 23.6 Å². The third-order valence-corrected chi connectivity index (χ3v) is 4.98. The van der Waals surface area contributed by atoms with Crippen LogP contribution in [0.1, 0.15) is 21.5 Å². The van der Waals surface area contributed by atoms with Gasteiger partial charge in [-0.2, -0.15) is 0 Å². The fourth-order valence-corrected chi connectivity index (χ4v) is 3.51. The van der Waals surface area contributed by atoms with Crippen LogP contribution >= 0.6 is 23.2 Å². The van der Waals surface area contributed by atoms with Crippen molar-refractivity contribution in [1.82, 2.24) is 4.90 Å². The quantitative estimate of drug-likeness (QED) is 0.780. The predicted molar refractivity (Wildman–Crippen MR) is 100 cm³/mol. The summed E-state index contributed by atoms with van der Waals surface area (Å²) in [6, 6.07) is 11.5. The molecule has 0 aromatic heterocycles. The van der Waals surface area contributed by atoms with Crippen molar-refractivity contribution in [1.29, 1.82) is 0 Å². The van der Waals surface area contributed by atoms with Crippen LogP contribution in [-0.4, -0.2) is 37.0 Å². The largest absolute Gasteiger partial charge is 0.368 e. The van der Waals surface area contributed by atoms with E-state index >= 15 is 0 Å². The van der Waals surface area contributed by atoms with E-state index in [9.17, 15) is 4.79 Å². The van der Waals surface area contributed by atoms with Crippen molar-refractivity contribution in [2.24, 2.45) is 0 Å². The van der Waals surface area contributed by atoms with Crippen molar-refractivity contribution in [3.05, 3.63) is 63.1 Å². The highest BCUT2D eigenvalue weighted by atomic mass is 35.5. The lowest BCUT2D eigenvalue weighted by atomic mass is 10.1. The highest BCUT2D eigenvalue weighted by Gasteiger charge is 2.24. The molecule has 0 aliphatic carbocycles. The van der Waals surface area contributed by atoms with Crippen LogP contribution in [0.2, 0.25) is 10.0 Å². The number of hydrogen-bond acceptors (Lipinski definition) is 2. The standard InChI is InChI=1S/C19H20Cl2N2O/c1-13-3-6-18(14(2)11-13)22-7-9-23(10-8-22)19(24)16-12-15(20)4-5-17(16)21/h3-6,11-12H,7-10H2,1-2H3. The number of halogens is 2. The van der Waals surface area contributed by atoms with Crippen molar-refractivity contribution in [3.63, 3.8) is 0 Å². The Balaban J connectivity index is 1.70. The molecular weight excluding hydrogens is 343 g/mol. The molecular formula is C19H20Cl2N2O. The Morgan fingerprint density at radius 1 is 0.958 bits per heavy atom. The van der Waals surface area contributed by atoms with Gasteiger partial charge in [0.15, 0.2) is 0 Å². The number of benzene rings is 2. The summed E-state index contributed by atoms with van der Waals surface area (Å²) in [5, 5.41) is 0.970. The van der Waals surface area contributed by atoms with Crippen LogP contribution in [0.25, 0.3) is 0 Å². The number of aryl methyl sites for hydroxylation is 2. The van der Waals surface area contributed by atoms with Crippen LogP contribution in [0.5, 0.6) is 0 Å². The number of carbonyl (C=O) groups excluding carboxylic acids is 1. The molecule has 0 spiro atoms. The molecule has 0 saturated carbocycles. The van der Waals surface area contributed by atoms with Gasteiger partial charge in [-0.15, -0.1) is 0 Å². The Morgan fingerprint density at radius 3 is 2.33 bits per heavy atom. The molecule has 126 valence electrons. The molecule has 1 aliphatic rings. The van der Waals surface area contributed by atoms with Gasteiger partial charge in [-0.05, 0) is 43.7 Å². The highest BCUT2D eigenvalue weighted by molar-refractivity contribution is 6.35. The molecule has 3 rings (SSSR count). The van der Waals surface area contributed by atoms with Crippen molar-refractivity contribution in [3.8, 4) is 0 Å². The maximum Gasteiger partial charge on any atom is 0.255 e. The zero-order valence-corrected chi connectivity index (χ0v) is 15.4. The van der Waals surface area contributed by atoms with Crippen molar-refractivity contribution >= 4 is 34.8 Å². The summed E-state index contributed by atoms with van der Waals surface area (Å²) in [5.74, 6) is -0.0530. The molecule has 3 nitrogen and oxygen atoms in total. The maximum atomic E-state index is 12.7. The van der Waals surface area contributed by atoms with E-state index in [1.165, 1.54) is 16.8 Å². The third-order valence-electron chi connectivity index (χ3n) is 4.42. The summed E-state index contributed by atoms with van der Waals surface area (Å²) in [5.41, 5.74) is 4.26. The summed E-state index contributed by atoms with van der Waals surface area (Å²) < 4.78 is 0. The molecule has 0 bridgehead atoms. The second kappa shape index (κ2) is 7.04. The summed E-state index contributed by atoms with van der Waals surface area (Å²) >= 11 is 12.1. The van der Waals surface area contributed by atoms with Crippen LogP contribution < -0.4 is 4.90 Å². The molecule has 0 atom stereocenters. The van der Waals surface area contributed by atoms with Crippen LogP contribution in [0.3, 0.4) is 0 Å². The van der Waals surface area contributed by atoms with Gasteiger partial charge in [0.1, 0.15) is 0 Å². The predicted octanol–water partition coefficient (Wildman–Crippen LogP) is 4.57. The van der Waals surface area contributed by atoms with Gasteiger partial charge in [0.05, 0.1) is 10.6 Å². The minimum Gasteiger partial charge on any atom is -0.368 e. The second-order valence-electron chi connectivity index (χ2n) is 6.19. The zero-order chi connectivity index (χ0) is 17.3. The van der Waals surface area contributed by atoms with Crippen LogP contribution in [0.15, 0.2) is 36.4 Å². The lowest BCUT2D eigenvalue weighted by Crippen LogP contribution is -2.49. The molecule has 0 radical (unpaired) electrons. The first kappa shape index (κ1) is 17.1. The Labute approximate surface area is 152 Å². The van der Waals surface area contributed by atoms with Gasteiger partial charge in [0.2, 0.25) is 0 Å². The summed E-state index contributed by atoms with van der Waals surface area (Å²) in [7, 11) is 0. The first-order valence-corrected chi connectivity index (χ1v) is 8.78. The normalized spacial score (nSPS) is 14.8. The van der Waals surface area contributed by atoms with Gasteiger partial charge in [0, 0.05) is 36.9 Å². The SMILES string of the molecule is Cc1ccc(N2CCN(C(=O)c3cc(Cl)ccc3Cl)CC2)c(C)c1. The summed E-state index contributed by atoms with van der Waals surface area (Å²) in [4.78, 5) is 16.9. The Kier molecular flexibility index (Phi) is 5.02. The molecule has 5 heteroatoms. The van der Waals surface area contributed by atoms with Crippen LogP contribution in [0.4, 0.5) is 5.69 Å². The molecule has 1 saturated heterocycles. The molecule has 1 fully saturated rings. The van der Waals surface area contributed by atoms with E-state index < -0.39 is 0 Å². The fourth-order valence-electron chi connectivity index (χ4n) is 3.14. The Bertz CT molecular complexity index is 768. The maximum absolute atomic E-state index is 12.7. The van der Waals surface area contributed by atoms with Crippen molar-refractivity contribution < 1.29 is 4.79 Å². The highest BCUT2D eigenvalue weighted by Crippen LogP contribution is 2.25. The molecule has 24 heavy (non-hydrogen) atoms. The van der Waals surface area contributed by atoms with Crippen LogP contribution in [0, 0.1) is 13.8 Å². The number of hydrogen-bond donors (Lipinski definition) is 0. The lowest BCUT2D eigenvalue weighted by Gasteiger charge is -2.37. The lowest BCUT2D eigenvalue weighted by molar-refractivity contribution is 0.0747. The number of nitrogens with zero attached hydrogens (tertiary/aromatic N) is 2. The third kappa shape index (κ3) is 3.52. The molecule has 2 aromatic carbocycles. The van der Waals surface area contributed by atoms with Gasteiger partial charge in [-0.25, -0.2) is 0 Å². The minimum atomic E-state index is -0.0530. The van der Waals surface area contributed by atoms with E-state index in [-0.39, 0.29) is 5.91 Å². The van der Waals surface area contributed by atoms with Gasteiger partial charge < -0.3 is 9.80 Å². The number of anilines is 1. The fraction of sp³-hybridized carbons (Fsp3) is 0.316. The van der Waals surface area contributed by atoms with Crippen LogP contribution in [-0.2, 0) is 0 Å². The molecule has 1 heterocycles. The smallest absolute Gasteiger partial charge is 0.255 e. The molecule has 1 amide bonds. The van der Waals surface area contributed by atoms with E-state index in [2.05, 4.69) is 36.9 Å². The van der Waals surface area contributed by atoms with Gasteiger partial charge in [0.25, 0.3) is 5.91 Å². The van der Waals surface area contributed by atoms with Crippen molar-refractivity contribution in [2.75, 3.05) is 31.1 Å². The molecule has 2 aromatic rings. The average Bonchev–Trinajstić information content (AvgIpc) is 2.57. The summed E-state index contributed by atoms with van der Waals surface area (Å²) in [6.07, 6.45) is 0. The van der Waals surface area contributed by atoms with E-state index in [1.54, 1.807) is 18.2 Å². The van der Waals surface area contributed by atoms with E-state index in [4.69, 9.17) is 23.2 Å². The molecule has 1 aliphatic heterocycles. The van der Waals surface area contributed by atoms with E-state index in [0.717, 1.165) is 13.1 Å². The molecule has 0 unspecified atom stereocenters. The number of carbonyl (C=O) groups is 1. The second-order valence-corrected chi connectivity index (χ2v) is 7.04. The number of amides is 1. The van der Waals surface area contributed by atoms with Gasteiger partial charge in [-0.1, -0.05) is 40.9 Å². The zero-order valence-electron chi connectivity index (χ0n) is 13.9. The average molecular weight is 363 g/mol. The number of piperazine rings is 1. The summed E-state index contributed by atoms with van der Waals surface area (Å²) in [6.45, 7) is 7.21.